The number of benzene rings is 1. The topological polar surface area (TPSA) is 64.2 Å². The normalized spacial score (nSPS) is 20.1. The molecule has 0 radical (unpaired) electrons. The minimum Gasteiger partial charge on any atom is -0.345 e. The summed E-state index contributed by atoms with van der Waals surface area (Å²) in [5, 5.41) is 3.93. The van der Waals surface area contributed by atoms with E-state index in [4.69, 9.17) is 4.52 Å². The first-order valence-corrected chi connectivity index (χ1v) is 8.44. The molecule has 1 amide bonds. The Balaban J connectivity index is 1.59. The molecule has 6 nitrogen and oxygen atoms in total. The van der Waals surface area contributed by atoms with E-state index in [0.717, 1.165) is 0 Å². The highest BCUT2D eigenvalue weighted by atomic mass is 16.5. The van der Waals surface area contributed by atoms with E-state index >= 15 is 0 Å². The molecular formula is C19H20N4O2. The molecule has 2 atom stereocenters. The molecule has 1 aliphatic rings. The number of rotatable bonds is 4. The molecule has 0 spiro atoms. The SMILES string of the molecule is Cc1noc([C@H]2CN(C(=O)Cn3cccc3)C[C@@H]2c2ccccc2)n1. The highest BCUT2D eigenvalue weighted by Gasteiger charge is 2.40. The zero-order valence-corrected chi connectivity index (χ0v) is 14.1. The molecule has 1 aliphatic heterocycles. The van der Waals surface area contributed by atoms with Crippen LogP contribution in [0.2, 0.25) is 0 Å². The molecule has 0 saturated carbocycles. The second-order valence-electron chi connectivity index (χ2n) is 6.46. The summed E-state index contributed by atoms with van der Waals surface area (Å²) in [6.45, 7) is 3.43. The Bertz CT molecular complexity index is 841. The van der Waals surface area contributed by atoms with Crippen molar-refractivity contribution in [2.45, 2.75) is 25.3 Å². The van der Waals surface area contributed by atoms with Crippen LogP contribution in [-0.2, 0) is 11.3 Å². The molecule has 6 heteroatoms. The second kappa shape index (κ2) is 6.55. The molecule has 0 bridgehead atoms. The number of nitrogens with zero attached hydrogens (tertiary/aromatic N) is 4. The Morgan fingerprint density at radius 3 is 2.52 bits per heavy atom. The Hall–Kier alpha value is -2.89. The number of aromatic nitrogens is 3. The average molecular weight is 336 g/mol. The third kappa shape index (κ3) is 3.20. The summed E-state index contributed by atoms with van der Waals surface area (Å²) in [6, 6.07) is 14.1. The van der Waals surface area contributed by atoms with Crippen molar-refractivity contribution in [3.8, 4) is 0 Å². The summed E-state index contributed by atoms with van der Waals surface area (Å²) >= 11 is 0. The van der Waals surface area contributed by atoms with Gasteiger partial charge in [-0.25, -0.2) is 0 Å². The standard InChI is InChI=1S/C19H20N4O2/c1-14-20-19(25-21-14)17-12-23(18(24)13-22-9-5-6-10-22)11-16(17)15-7-3-2-4-8-15/h2-10,16-17H,11-13H2,1H3/t16-,17+/m1/s1. The monoisotopic (exact) mass is 336 g/mol. The first kappa shape index (κ1) is 15.6. The Morgan fingerprint density at radius 2 is 1.84 bits per heavy atom. The number of likely N-dealkylation sites (tertiary alicyclic amines) is 1. The Kier molecular flexibility index (Phi) is 4.09. The van der Waals surface area contributed by atoms with Gasteiger partial charge >= 0.3 is 0 Å². The molecule has 3 heterocycles. The molecule has 0 unspecified atom stereocenters. The number of carbonyl (C=O) groups excluding carboxylic acids is 1. The lowest BCUT2D eigenvalue weighted by atomic mass is 9.89. The van der Waals surface area contributed by atoms with E-state index in [1.165, 1.54) is 5.56 Å². The van der Waals surface area contributed by atoms with Crippen molar-refractivity contribution in [2.75, 3.05) is 13.1 Å². The molecule has 1 fully saturated rings. The summed E-state index contributed by atoms with van der Waals surface area (Å²) in [5.74, 6) is 1.53. The van der Waals surface area contributed by atoms with Gasteiger partial charge in [0.1, 0.15) is 6.54 Å². The first-order valence-electron chi connectivity index (χ1n) is 8.44. The highest BCUT2D eigenvalue weighted by Crippen LogP contribution is 2.39. The lowest BCUT2D eigenvalue weighted by molar-refractivity contribution is -0.130. The van der Waals surface area contributed by atoms with Crippen LogP contribution in [0.25, 0.3) is 0 Å². The van der Waals surface area contributed by atoms with Gasteiger partial charge in [0.2, 0.25) is 11.8 Å². The predicted molar refractivity (Wildman–Crippen MR) is 92.0 cm³/mol. The zero-order chi connectivity index (χ0) is 17.2. The lowest BCUT2D eigenvalue weighted by Crippen LogP contribution is -2.31. The van der Waals surface area contributed by atoms with Gasteiger partial charge in [0.25, 0.3) is 0 Å². The summed E-state index contributed by atoms with van der Waals surface area (Å²) in [5.41, 5.74) is 1.19. The quantitative estimate of drug-likeness (QED) is 0.734. The summed E-state index contributed by atoms with van der Waals surface area (Å²) in [7, 11) is 0. The summed E-state index contributed by atoms with van der Waals surface area (Å²) < 4.78 is 7.32. The smallest absolute Gasteiger partial charge is 0.242 e. The van der Waals surface area contributed by atoms with Crippen molar-refractivity contribution in [3.63, 3.8) is 0 Å². The largest absolute Gasteiger partial charge is 0.345 e. The van der Waals surface area contributed by atoms with Gasteiger partial charge in [-0.15, -0.1) is 0 Å². The Morgan fingerprint density at radius 1 is 1.12 bits per heavy atom. The van der Waals surface area contributed by atoms with Gasteiger partial charge in [-0.3, -0.25) is 4.79 Å². The maximum absolute atomic E-state index is 12.7. The maximum atomic E-state index is 12.7. The lowest BCUT2D eigenvalue weighted by Gasteiger charge is -2.17. The van der Waals surface area contributed by atoms with Crippen LogP contribution in [0.4, 0.5) is 0 Å². The van der Waals surface area contributed by atoms with Crippen LogP contribution >= 0.6 is 0 Å². The number of hydrogen-bond donors (Lipinski definition) is 0. The minimum absolute atomic E-state index is 0.0252. The zero-order valence-electron chi connectivity index (χ0n) is 14.1. The van der Waals surface area contributed by atoms with Crippen molar-refractivity contribution in [1.82, 2.24) is 19.6 Å². The van der Waals surface area contributed by atoms with E-state index in [9.17, 15) is 4.79 Å². The van der Waals surface area contributed by atoms with Gasteiger partial charge in [0.05, 0.1) is 5.92 Å². The van der Waals surface area contributed by atoms with Crippen molar-refractivity contribution >= 4 is 5.91 Å². The number of aryl methyl sites for hydroxylation is 1. The summed E-state index contributed by atoms with van der Waals surface area (Å²) in [4.78, 5) is 19.0. The molecule has 1 saturated heterocycles. The van der Waals surface area contributed by atoms with Gasteiger partial charge in [-0.05, 0) is 24.6 Å². The van der Waals surface area contributed by atoms with Crippen LogP contribution in [0, 0.1) is 6.92 Å². The van der Waals surface area contributed by atoms with E-state index in [1.807, 2.05) is 59.1 Å². The third-order valence-electron chi connectivity index (χ3n) is 4.74. The van der Waals surface area contributed by atoms with Gasteiger partial charge in [0, 0.05) is 31.4 Å². The molecule has 25 heavy (non-hydrogen) atoms. The number of carbonyl (C=O) groups is 1. The Labute approximate surface area is 146 Å². The molecule has 2 aromatic heterocycles. The molecule has 0 aliphatic carbocycles. The molecule has 4 rings (SSSR count). The van der Waals surface area contributed by atoms with E-state index in [1.54, 1.807) is 0 Å². The maximum Gasteiger partial charge on any atom is 0.242 e. The molecule has 128 valence electrons. The average Bonchev–Trinajstić information content (AvgIpc) is 3.35. The van der Waals surface area contributed by atoms with Crippen LogP contribution in [0.15, 0.2) is 59.4 Å². The highest BCUT2D eigenvalue weighted by molar-refractivity contribution is 5.76. The molecule has 0 N–H and O–H groups in total. The van der Waals surface area contributed by atoms with Gasteiger partial charge < -0.3 is 14.0 Å². The number of amides is 1. The van der Waals surface area contributed by atoms with E-state index in [0.29, 0.717) is 31.3 Å². The van der Waals surface area contributed by atoms with Crippen LogP contribution in [0.1, 0.15) is 29.1 Å². The fraction of sp³-hybridized carbons (Fsp3) is 0.316. The fourth-order valence-corrected chi connectivity index (χ4v) is 3.49. The van der Waals surface area contributed by atoms with Gasteiger partial charge in [-0.1, -0.05) is 35.5 Å². The van der Waals surface area contributed by atoms with Crippen molar-refractivity contribution < 1.29 is 9.32 Å². The number of hydrogen-bond acceptors (Lipinski definition) is 4. The van der Waals surface area contributed by atoms with Gasteiger partial charge in [0.15, 0.2) is 5.82 Å². The summed E-state index contributed by atoms with van der Waals surface area (Å²) in [6.07, 6.45) is 3.81. The van der Waals surface area contributed by atoms with E-state index in [2.05, 4.69) is 22.3 Å². The van der Waals surface area contributed by atoms with Crippen molar-refractivity contribution in [1.29, 1.82) is 0 Å². The van der Waals surface area contributed by atoms with Crippen LogP contribution in [0.5, 0.6) is 0 Å². The van der Waals surface area contributed by atoms with Gasteiger partial charge in [-0.2, -0.15) is 4.98 Å². The van der Waals surface area contributed by atoms with E-state index < -0.39 is 0 Å². The van der Waals surface area contributed by atoms with Crippen LogP contribution in [0.3, 0.4) is 0 Å². The van der Waals surface area contributed by atoms with E-state index in [-0.39, 0.29) is 17.7 Å². The predicted octanol–water partition coefficient (Wildman–Crippen LogP) is 2.59. The molecule has 3 aromatic rings. The van der Waals surface area contributed by atoms with Crippen molar-refractivity contribution in [3.05, 3.63) is 72.1 Å². The first-order chi connectivity index (χ1) is 12.2. The minimum atomic E-state index is 0.0252. The molecule has 1 aromatic carbocycles. The van der Waals surface area contributed by atoms with Crippen molar-refractivity contribution in [2.24, 2.45) is 0 Å². The van der Waals surface area contributed by atoms with Crippen LogP contribution in [-0.4, -0.2) is 38.6 Å². The second-order valence-corrected chi connectivity index (χ2v) is 6.46. The fourth-order valence-electron chi connectivity index (χ4n) is 3.49. The molecular weight excluding hydrogens is 316 g/mol. The van der Waals surface area contributed by atoms with Crippen LogP contribution < -0.4 is 0 Å². The third-order valence-corrected chi connectivity index (χ3v) is 4.74.